The van der Waals surface area contributed by atoms with Crippen molar-refractivity contribution in [2.24, 2.45) is 4.99 Å². The number of benzene rings is 1. The van der Waals surface area contributed by atoms with Crippen LogP contribution in [0.2, 0.25) is 0 Å². The normalized spacial score (nSPS) is 21.6. The van der Waals surface area contributed by atoms with E-state index < -0.39 is 33.7 Å². The Morgan fingerprint density at radius 2 is 2.07 bits per heavy atom. The number of likely N-dealkylation sites (N-methyl/N-ethyl adjacent to an activating group) is 1. The van der Waals surface area contributed by atoms with Gasteiger partial charge in [-0.25, -0.2) is 17.7 Å². The summed E-state index contributed by atoms with van der Waals surface area (Å²) in [7, 11) is -0.867. The monoisotopic (exact) mass is 422 g/mol. The van der Waals surface area contributed by atoms with E-state index in [1.54, 1.807) is 24.3 Å². The third-order valence-corrected chi connectivity index (χ3v) is 6.55. The number of carbonyl (C=O) groups is 3. The molecule has 11 heteroatoms. The molecule has 10 nitrogen and oxygen atoms in total. The molecule has 156 valence electrons. The minimum Gasteiger partial charge on any atom is -0.497 e. The first-order chi connectivity index (χ1) is 13.7. The van der Waals surface area contributed by atoms with Gasteiger partial charge in [-0.1, -0.05) is 12.1 Å². The molecule has 0 saturated carbocycles. The largest absolute Gasteiger partial charge is 0.497 e. The van der Waals surface area contributed by atoms with Crippen LogP contribution in [0.15, 0.2) is 29.3 Å². The number of methoxy groups -OCH3 is 1. The summed E-state index contributed by atoms with van der Waals surface area (Å²) in [4.78, 5) is 42.2. The van der Waals surface area contributed by atoms with E-state index in [0.29, 0.717) is 18.6 Å². The molecule has 0 aliphatic carbocycles. The third-order valence-electron chi connectivity index (χ3n) is 4.73. The van der Waals surface area contributed by atoms with Gasteiger partial charge in [-0.15, -0.1) is 0 Å². The Labute approximate surface area is 168 Å². The smallest absolute Gasteiger partial charge is 0.299 e. The molecule has 29 heavy (non-hydrogen) atoms. The summed E-state index contributed by atoms with van der Waals surface area (Å²) >= 11 is 0. The van der Waals surface area contributed by atoms with E-state index in [1.807, 2.05) is 0 Å². The molecule has 0 radical (unpaired) electrons. The number of hydrogen-bond acceptors (Lipinski definition) is 7. The molecule has 1 unspecified atom stereocenters. The van der Waals surface area contributed by atoms with E-state index >= 15 is 0 Å². The summed E-state index contributed by atoms with van der Waals surface area (Å²) in [6.07, 6.45) is 1.11. The molecule has 1 aromatic carbocycles. The number of ether oxygens (including phenoxy) is 1. The molecule has 2 aliphatic rings. The lowest BCUT2D eigenvalue weighted by Crippen LogP contribution is -2.58. The van der Waals surface area contributed by atoms with E-state index in [1.165, 1.54) is 14.2 Å². The molecule has 3 rings (SSSR count). The zero-order valence-electron chi connectivity index (χ0n) is 16.1. The lowest BCUT2D eigenvalue weighted by atomic mass is 10.1. The number of amides is 2. The minimum atomic E-state index is -3.66. The molecule has 1 fully saturated rings. The molecule has 0 bridgehead atoms. The highest BCUT2D eigenvalue weighted by atomic mass is 32.2. The van der Waals surface area contributed by atoms with Gasteiger partial charge in [-0.05, 0) is 30.5 Å². The van der Waals surface area contributed by atoms with E-state index in [-0.39, 0.29) is 24.8 Å². The van der Waals surface area contributed by atoms with Gasteiger partial charge in [0.1, 0.15) is 5.75 Å². The van der Waals surface area contributed by atoms with E-state index in [2.05, 4.69) is 10.3 Å². The number of sulfonamides is 1. The van der Waals surface area contributed by atoms with Gasteiger partial charge in [-0.3, -0.25) is 19.3 Å². The van der Waals surface area contributed by atoms with E-state index in [0.717, 1.165) is 14.8 Å². The second-order valence-electron chi connectivity index (χ2n) is 6.72. The van der Waals surface area contributed by atoms with Crippen molar-refractivity contribution in [3.05, 3.63) is 29.8 Å². The van der Waals surface area contributed by atoms with Crippen molar-refractivity contribution in [2.45, 2.75) is 25.4 Å². The number of nitrogens with one attached hydrogen (secondary N) is 1. The Morgan fingerprint density at radius 1 is 1.31 bits per heavy atom. The van der Waals surface area contributed by atoms with Crippen LogP contribution < -0.4 is 10.1 Å². The summed E-state index contributed by atoms with van der Waals surface area (Å²) in [5.74, 6) is -2.42. The lowest BCUT2D eigenvalue weighted by molar-refractivity contribution is -0.145. The molecule has 1 aromatic rings. The fourth-order valence-corrected chi connectivity index (χ4v) is 4.74. The second-order valence-corrected chi connectivity index (χ2v) is 8.74. The van der Waals surface area contributed by atoms with Crippen LogP contribution in [0, 0.1) is 0 Å². The Hall–Kier alpha value is -2.95. The van der Waals surface area contributed by atoms with Crippen LogP contribution in [0.5, 0.6) is 5.75 Å². The topological polar surface area (TPSA) is 125 Å². The zero-order chi connectivity index (χ0) is 21.2. The maximum Gasteiger partial charge on any atom is 0.299 e. The summed E-state index contributed by atoms with van der Waals surface area (Å²) < 4.78 is 30.9. The van der Waals surface area contributed by atoms with Gasteiger partial charge in [0.2, 0.25) is 16.0 Å². The van der Waals surface area contributed by atoms with Gasteiger partial charge in [0.25, 0.3) is 17.6 Å². The number of Topliss-reactive ketones (excluding diaryl/α,β-unsaturated/α-hetero) is 1. The highest BCUT2D eigenvalue weighted by Gasteiger charge is 2.43. The van der Waals surface area contributed by atoms with Crippen molar-refractivity contribution in [1.82, 2.24) is 14.5 Å². The predicted octanol–water partition coefficient (Wildman–Crippen LogP) is -0.497. The minimum absolute atomic E-state index is 0.0747. The maximum atomic E-state index is 12.6. The first-order valence-corrected chi connectivity index (χ1v) is 10.7. The summed E-state index contributed by atoms with van der Waals surface area (Å²) in [6.45, 7) is 0.238. The molecular formula is C18H22N4O6S. The average molecular weight is 422 g/mol. The van der Waals surface area contributed by atoms with Gasteiger partial charge in [-0.2, -0.15) is 0 Å². The zero-order valence-corrected chi connectivity index (χ0v) is 16.9. The van der Waals surface area contributed by atoms with Crippen molar-refractivity contribution in [1.29, 1.82) is 0 Å². The van der Waals surface area contributed by atoms with Crippen molar-refractivity contribution >= 4 is 33.6 Å². The average Bonchev–Trinajstić information content (AvgIpc) is 2.71. The molecule has 2 heterocycles. The first kappa shape index (κ1) is 20.8. The lowest BCUT2D eigenvalue weighted by Gasteiger charge is -2.35. The van der Waals surface area contributed by atoms with Crippen LogP contribution in [-0.4, -0.2) is 73.7 Å². The van der Waals surface area contributed by atoms with Gasteiger partial charge in [0, 0.05) is 20.1 Å². The maximum absolute atomic E-state index is 12.6. The molecule has 0 spiro atoms. The van der Waals surface area contributed by atoms with Crippen LogP contribution in [-0.2, 0) is 31.0 Å². The van der Waals surface area contributed by atoms with Crippen molar-refractivity contribution < 1.29 is 27.5 Å². The van der Waals surface area contributed by atoms with Crippen LogP contribution in [0.1, 0.15) is 18.4 Å². The van der Waals surface area contributed by atoms with E-state index in [9.17, 15) is 22.8 Å². The number of nitrogens with zero attached hydrogens (tertiary/aromatic N) is 3. The molecule has 2 amide bonds. The predicted molar refractivity (Wildman–Crippen MR) is 104 cm³/mol. The Balaban J connectivity index is 1.82. The quantitative estimate of drug-likeness (QED) is 0.515. The molecule has 1 atom stereocenters. The number of carbonyl (C=O) groups excluding carboxylic acids is 3. The highest BCUT2D eigenvalue weighted by Crippen LogP contribution is 2.19. The number of rotatable bonds is 4. The van der Waals surface area contributed by atoms with E-state index in [4.69, 9.17) is 4.74 Å². The molecule has 2 aliphatic heterocycles. The number of aliphatic imine (C=N–C) groups is 1. The van der Waals surface area contributed by atoms with Crippen LogP contribution in [0.25, 0.3) is 0 Å². The van der Waals surface area contributed by atoms with Crippen LogP contribution in [0.4, 0.5) is 0 Å². The van der Waals surface area contributed by atoms with Gasteiger partial charge in [0.15, 0.2) is 6.04 Å². The summed E-state index contributed by atoms with van der Waals surface area (Å²) in [6, 6.07) is 5.36. The molecule has 0 aromatic heterocycles. The fourth-order valence-electron chi connectivity index (χ4n) is 3.12. The molecular weight excluding hydrogens is 400 g/mol. The van der Waals surface area contributed by atoms with Crippen LogP contribution >= 0.6 is 0 Å². The second kappa shape index (κ2) is 8.19. The molecule has 1 saturated heterocycles. The number of hydrogen-bond donors (Lipinski definition) is 1. The fraction of sp³-hybridized carbons (Fsp3) is 0.444. The summed E-state index contributed by atoms with van der Waals surface area (Å²) in [5.41, 5.74) is 0.729. The third kappa shape index (κ3) is 4.24. The van der Waals surface area contributed by atoms with Crippen molar-refractivity contribution in [3.63, 3.8) is 0 Å². The van der Waals surface area contributed by atoms with Gasteiger partial charge >= 0.3 is 0 Å². The Kier molecular flexibility index (Phi) is 5.87. The first-order valence-electron chi connectivity index (χ1n) is 9.05. The number of ketones is 1. The Bertz CT molecular complexity index is 974. The van der Waals surface area contributed by atoms with Crippen molar-refractivity contribution in [2.75, 3.05) is 26.5 Å². The summed E-state index contributed by atoms with van der Waals surface area (Å²) in [5, 5.41) is 2.57. The highest BCUT2D eigenvalue weighted by molar-refractivity contribution is 7.89. The number of guanidine groups is 1. The standard InChI is InChI=1S/C18H22N4O6S/c1-21-17(25)15(23)14(20-18(21)22-8-3-4-9-29(22,26)27)16(24)19-11-12-6-5-7-13(10-12)28-2/h5-7,10,14H,3-4,8-9,11H2,1-2H3,(H,19,24). The molecule has 1 N–H and O–H groups in total. The van der Waals surface area contributed by atoms with Gasteiger partial charge in [0.05, 0.1) is 12.9 Å². The Morgan fingerprint density at radius 3 is 2.76 bits per heavy atom. The van der Waals surface area contributed by atoms with Gasteiger partial charge < -0.3 is 10.1 Å². The SMILES string of the molecule is COc1cccc(CNC(=O)C2N=C(N3CCCCS3(=O)=O)N(C)C(=O)C2=O)c1. The van der Waals surface area contributed by atoms with Crippen LogP contribution in [0.3, 0.4) is 0 Å². The van der Waals surface area contributed by atoms with Crippen molar-refractivity contribution in [3.8, 4) is 5.75 Å².